The summed E-state index contributed by atoms with van der Waals surface area (Å²) in [6.45, 7) is 6.46. The number of para-hydroxylation sites is 1. The molecule has 0 aromatic heterocycles. The van der Waals surface area contributed by atoms with Gasteiger partial charge in [-0.1, -0.05) is 68.5 Å². The number of carbonyl (C=O) groups is 1. The molecule has 0 saturated carbocycles. The molecule has 25 heavy (non-hydrogen) atoms. The molecule has 0 unspecified atom stereocenters. The SMILES string of the molecule is CC(C)c1ccccc1NC(=O)CN1CC=C(c2ccccc2)CC1. The van der Waals surface area contributed by atoms with Gasteiger partial charge in [-0.25, -0.2) is 0 Å². The van der Waals surface area contributed by atoms with E-state index in [-0.39, 0.29) is 5.91 Å². The van der Waals surface area contributed by atoms with Crippen LogP contribution in [-0.2, 0) is 4.79 Å². The van der Waals surface area contributed by atoms with E-state index in [9.17, 15) is 4.79 Å². The Morgan fingerprint density at radius 2 is 1.80 bits per heavy atom. The summed E-state index contributed by atoms with van der Waals surface area (Å²) in [4.78, 5) is 14.6. The largest absolute Gasteiger partial charge is 0.325 e. The summed E-state index contributed by atoms with van der Waals surface area (Å²) in [5.41, 5.74) is 4.78. The van der Waals surface area contributed by atoms with E-state index >= 15 is 0 Å². The summed E-state index contributed by atoms with van der Waals surface area (Å²) in [6.07, 6.45) is 3.23. The second kappa shape index (κ2) is 8.13. The van der Waals surface area contributed by atoms with Gasteiger partial charge in [0.25, 0.3) is 0 Å². The number of rotatable bonds is 5. The average Bonchev–Trinajstić information content (AvgIpc) is 2.63. The van der Waals surface area contributed by atoms with Crippen LogP contribution in [0.5, 0.6) is 0 Å². The highest BCUT2D eigenvalue weighted by Crippen LogP contribution is 2.24. The topological polar surface area (TPSA) is 32.3 Å². The normalized spacial score (nSPS) is 15.1. The van der Waals surface area contributed by atoms with Crippen LogP contribution in [0.4, 0.5) is 5.69 Å². The molecule has 0 spiro atoms. The molecule has 0 fully saturated rings. The van der Waals surface area contributed by atoms with E-state index in [0.29, 0.717) is 12.5 Å². The third kappa shape index (κ3) is 4.58. The Morgan fingerprint density at radius 3 is 2.48 bits per heavy atom. The van der Waals surface area contributed by atoms with E-state index in [1.807, 2.05) is 24.3 Å². The lowest BCUT2D eigenvalue weighted by atomic mass is 9.99. The van der Waals surface area contributed by atoms with E-state index in [4.69, 9.17) is 0 Å². The van der Waals surface area contributed by atoms with E-state index in [1.54, 1.807) is 0 Å². The molecule has 3 rings (SSSR count). The van der Waals surface area contributed by atoms with Crippen LogP contribution in [0.15, 0.2) is 60.7 Å². The summed E-state index contributed by atoms with van der Waals surface area (Å²) >= 11 is 0. The minimum absolute atomic E-state index is 0.0599. The molecule has 1 amide bonds. The number of benzene rings is 2. The maximum absolute atomic E-state index is 12.4. The Kier molecular flexibility index (Phi) is 5.67. The number of nitrogens with one attached hydrogen (secondary N) is 1. The molecule has 0 atom stereocenters. The molecule has 0 radical (unpaired) electrons. The molecule has 1 heterocycles. The average molecular weight is 334 g/mol. The van der Waals surface area contributed by atoms with Crippen molar-refractivity contribution in [3.8, 4) is 0 Å². The predicted molar refractivity (Wildman–Crippen MR) is 105 cm³/mol. The first-order valence-corrected chi connectivity index (χ1v) is 8.99. The fourth-order valence-electron chi connectivity index (χ4n) is 3.28. The van der Waals surface area contributed by atoms with Crippen molar-refractivity contribution in [3.63, 3.8) is 0 Å². The Balaban J connectivity index is 1.57. The third-order valence-electron chi connectivity index (χ3n) is 4.66. The summed E-state index contributed by atoms with van der Waals surface area (Å²) in [5.74, 6) is 0.451. The summed E-state index contributed by atoms with van der Waals surface area (Å²) in [7, 11) is 0. The van der Waals surface area contributed by atoms with Crippen molar-refractivity contribution in [2.45, 2.75) is 26.2 Å². The standard InChI is InChI=1S/C22H26N2O/c1-17(2)20-10-6-7-11-21(20)23-22(25)16-24-14-12-19(13-15-24)18-8-4-3-5-9-18/h3-12,17H,13-16H2,1-2H3,(H,23,25). The molecule has 1 aliphatic heterocycles. The van der Waals surface area contributed by atoms with E-state index < -0.39 is 0 Å². The smallest absolute Gasteiger partial charge is 0.238 e. The van der Waals surface area contributed by atoms with Gasteiger partial charge < -0.3 is 5.32 Å². The molecule has 1 N–H and O–H groups in total. The van der Waals surface area contributed by atoms with Crippen molar-refractivity contribution in [1.29, 1.82) is 0 Å². The van der Waals surface area contributed by atoms with Crippen molar-refractivity contribution in [3.05, 3.63) is 71.8 Å². The van der Waals surface area contributed by atoms with Crippen LogP contribution < -0.4 is 5.32 Å². The van der Waals surface area contributed by atoms with Crippen molar-refractivity contribution in [2.75, 3.05) is 25.0 Å². The van der Waals surface area contributed by atoms with Crippen molar-refractivity contribution >= 4 is 17.2 Å². The Morgan fingerprint density at radius 1 is 1.08 bits per heavy atom. The molecule has 0 bridgehead atoms. The van der Waals surface area contributed by atoms with E-state index in [1.165, 1.54) is 16.7 Å². The molecule has 0 aliphatic carbocycles. The van der Waals surface area contributed by atoms with Gasteiger partial charge in [0.1, 0.15) is 0 Å². The minimum atomic E-state index is 0.0599. The molecule has 1 aliphatic rings. The Hall–Kier alpha value is -2.39. The fraction of sp³-hybridized carbons (Fsp3) is 0.318. The second-order valence-electron chi connectivity index (χ2n) is 6.87. The van der Waals surface area contributed by atoms with Gasteiger partial charge in [0, 0.05) is 18.8 Å². The first kappa shape index (κ1) is 17.4. The number of hydrogen-bond acceptors (Lipinski definition) is 2. The molecule has 130 valence electrons. The van der Waals surface area contributed by atoms with Crippen LogP contribution in [0.1, 0.15) is 37.3 Å². The quantitative estimate of drug-likeness (QED) is 0.871. The third-order valence-corrected chi connectivity index (χ3v) is 4.66. The van der Waals surface area contributed by atoms with Gasteiger partial charge in [-0.3, -0.25) is 9.69 Å². The van der Waals surface area contributed by atoms with Gasteiger partial charge in [0.15, 0.2) is 0 Å². The lowest BCUT2D eigenvalue weighted by molar-refractivity contribution is -0.117. The van der Waals surface area contributed by atoms with Crippen LogP contribution in [0.25, 0.3) is 5.57 Å². The van der Waals surface area contributed by atoms with Crippen LogP contribution >= 0.6 is 0 Å². The van der Waals surface area contributed by atoms with Gasteiger partial charge in [0.2, 0.25) is 5.91 Å². The highest BCUT2D eigenvalue weighted by Gasteiger charge is 2.16. The molecule has 3 heteroatoms. The van der Waals surface area contributed by atoms with Crippen LogP contribution in [0.2, 0.25) is 0 Å². The maximum Gasteiger partial charge on any atom is 0.238 e. The maximum atomic E-state index is 12.4. The lowest BCUT2D eigenvalue weighted by Crippen LogP contribution is -2.36. The second-order valence-corrected chi connectivity index (χ2v) is 6.87. The molecular weight excluding hydrogens is 308 g/mol. The van der Waals surface area contributed by atoms with Gasteiger partial charge in [0.05, 0.1) is 6.54 Å². The molecule has 0 saturated heterocycles. The number of hydrogen-bond donors (Lipinski definition) is 1. The number of anilines is 1. The summed E-state index contributed by atoms with van der Waals surface area (Å²) in [6, 6.07) is 18.5. The van der Waals surface area contributed by atoms with Crippen LogP contribution in [0.3, 0.4) is 0 Å². The van der Waals surface area contributed by atoms with Gasteiger partial charge in [-0.2, -0.15) is 0 Å². The van der Waals surface area contributed by atoms with Crippen molar-refractivity contribution in [1.82, 2.24) is 4.90 Å². The fourth-order valence-corrected chi connectivity index (χ4v) is 3.28. The van der Waals surface area contributed by atoms with Gasteiger partial charge in [-0.05, 0) is 35.1 Å². The van der Waals surface area contributed by atoms with Gasteiger partial charge >= 0.3 is 0 Å². The first-order chi connectivity index (χ1) is 12.1. The van der Waals surface area contributed by atoms with E-state index in [0.717, 1.165) is 25.2 Å². The molecule has 2 aromatic carbocycles. The number of nitrogens with zero attached hydrogens (tertiary/aromatic N) is 1. The molecule has 3 nitrogen and oxygen atoms in total. The zero-order valence-corrected chi connectivity index (χ0v) is 15.0. The zero-order valence-electron chi connectivity index (χ0n) is 15.0. The highest BCUT2D eigenvalue weighted by molar-refractivity contribution is 5.93. The van der Waals surface area contributed by atoms with Crippen LogP contribution in [0, 0.1) is 0 Å². The predicted octanol–water partition coefficient (Wildman–Crippen LogP) is 4.54. The Bertz CT molecular complexity index is 750. The van der Waals surface area contributed by atoms with Crippen molar-refractivity contribution in [2.24, 2.45) is 0 Å². The minimum Gasteiger partial charge on any atom is -0.325 e. The Labute approximate surface area is 150 Å². The number of carbonyl (C=O) groups excluding carboxylic acids is 1. The van der Waals surface area contributed by atoms with E-state index in [2.05, 4.69) is 60.5 Å². The van der Waals surface area contributed by atoms with Crippen molar-refractivity contribution < 1.29 is 4.79 Å². The molecular formula is C22H26N2O. The van der Waals surface area contributed by atoms with Gasteiger partial charge in [-0.15, -0.1) is 0 Å². The summed E-state index contributed by atoms with van der Waals surface area (Å²) < 4.78 is 0. The first-order valence-electron chi connectivity index (χ1n) is 8.99. The lowest BCUT2D eigenvalue weighted by Gasteiger charge is -2.26. The van der Waals surface area contributed by atoms with Crippen LogP contribution in [-0.4, -0.2) is 30.4 Å². The summed E-state index contributed by atoms with van der Waals surface area (Å²) in [5, 5.41) is 3.08. The molecule has 2 aromatic rings. The number of amides is 1. The monoisotopic (exact) mass is 334 g/mol. The zero-order chi connectivity index (χ0) is 17.6. The highest BCUT2D eigenvalue weighted by atomic mass is 16.2.